The standard InChI is InChI=1S/C23H21F2N7O3.C2H4O2/c1-34-15-10-16(19(25)18(11-15)35-12-24)17(9-13-3-5-14(6-4-13)20(26)27)21-30-23(33)32(31-21)22-28-7-2-8-29-22;1-2(3)4/h2-8,10-11,17H,9,12H2,1H3,(H3,26,27)(H,30,31,33);1H3,(H,3,4). The molecule has 2 aromatic carbocycles. The number of aromatic nitrogens is 5. The first kappa shape index (κ1) is 28.4. The quantitative estimate of drug-likeness (QED) is 0.183. The third-order valence-corrected chi connectivity index (χ3v) is 5.27. The number of hydrogen-bond donors (Lipinski definition) is 4. The summed E-state index contributed by atoms with van der Waals surface area (Å²) in [4.78, 5) is 32.4. The number of methoxy groups -OCH3 is 1. The summed E-state index contributed by atoms with van der Waals surface area (Å²) in [6.07, 6.45) is 3.10. The van der Waals surface area contributed by atoms with Crippen LogP contribution in [0.25, 0.3) is 5.95 Å². The Morgan fingerprint density at radius 3 is 2.44 bits per heavy atom. The topological polar surface area (TPSA) is 182 Å². The number of aliphatic carboxylic acids is 1. The van der Waals surface area contributed by atoms with Gasteiger partial charge in [0, 0.05) is 36.5 Å². The number of nitrogens with two attached hydrogens (primary N) is 1. The Kier molecular flexibility index (Phi) is 9.40. The summed E-state index contributed by atoms with van der Waals surface area (Å²) in [6.45, 7) is -0.155. The van der Waals surface area contributed by atoms with Crippen molar-refractivity contribution in [2.75, 3.05) is 14.0 Å². The van der Waals surface area contributed by atoms with Crippen molar-refractivity contribution in [1.82, 2.24) is 24.7 Å². The fourth-order valence-corrected chi connectivity index (χ4v) is 3.57. The third-order valence-electron chi connectivity index (χ3n) is 5.27. The normalized spacial score (nSPS) is 11.2. The van der Waals surface area contributed by atoms with Gasteiger partial charge in [-0.2, -0.15) is 0 Å². The molecular formula is C25H25F2N7O5. The zero-order valence-electron chi connectivity index (χ0n) is 20.9. The average molecular weight is 542 g/mol. The van der Waals surface area contributed by atoms with Crippen LogP contribution in [0.1, 0.15) is 35.4 Å². The van der Waals surface area contributed by atoms with E-state index >= 15 is 4.39 Å². The molecule has 0 saturated carbocycles. The predicted octanol–water partition coefficient (Wildman–Crippen LogP) is 2.55. The maximum Gasteiger partial charge on any atom is 0.350 e. The molecule has 1 atom stereocenters. The maximum atomic E-state index is 15.5. The predicted molar refractivity (Wildman–Crippen MR) is 136 cm³/mol. The summed E-state index contributed by atoms with van der Waals surface area (Å²) in [7, 11) is 1.38. The molecule has 2 heterocycles. The second-order valence-corrected chi connectivity index (χ2v) is 7.94. The number of aromatic amines is 1. The van der Waals surface area contributed by atoms with E-state index in [9.17, 15) is 9.18 Å². The van der Waals surface area contributed by atoms with Gasteiger partial charge in [-0.05, 0) is 24.1 Å². The van der Waals surface area contributed by atoms with Crippen LogP contribution in [0, 0.1) is 11.2 Å². The summed E-state index contributed by atoms with van der Waals surface area (Å²) in [5, 5.41) is 19.3. The molecule has 0 aliphatic carbocycles. The van der Waals surface area contributed by atoms with Gasteiger partial charge in [0.05, 0.1) is 13.0 Å². The fraction of sp³-hybridized carbons (Fsp3) is 0.200. The zero-order valence-corrected chi connectivity index (χ0v) is 20.9. The Hall–Kier alpha value is -5.14. The summed E-state index contributed by atoms with van der Waals surface area (Å²) >= 11 is 0. The molecule has 2 aromatic heterocycles. The minimum atomic E-state index is -1.24. The van der Waals surface area contributed by atoms with Crippen LogP contribution in [0.4, 0.5) is 8.78 Å². The van der Waals surface area contributed by atoms with Gasteiger partial charge < -0.3 is 20.3 Å². The smallest absolute Gasteiger partial charge is 0.350 e. The molecule has 14 heteroatoms. The van der Waals surface area contributed by atoms with E-state index in [0.717, 1.165) is 17.2 Å². The van der Waals surface area contributed by atoms with E-state index in [1.165, 1.54) is 31.6 Å². The maximum absolute atomic E-state index is 15.5. The number of benzene rings is 2. The van der Waals surface area contributed by atoms with Crippen molar-refractivity contribution < 1.29 is 28.2 Å². The van der Waals surface area contributed by atoms with Crippen molar-refractivity contribution in [3.8, 4) is 17.4 Å². The van der Waals surface area contributed by atoms with Crippen molar-refractivity contribution >= 4 is 11.8 Å². The average Bonchev–Trinajstić information content (AvgIpc) is 3.30. The van der Waals surface area contributed by atoms with Crippen molar-refractivity contribution in [3.05, 3.63) is 93.7 Å². The number of nitrogens with one attached hydrogen (secondary N) is 2. The minimum absolute atomic E-state index is 0.0390. The number of carboxylic acids is 1. The molecule has 0 aliphatic rings. The number of halogens is 2. The van der Waals surface area contributed by atoms with Gasteiger partial charge in [-0.15, -0.1) is 9.78 Å². The second-order valence-electron chi connectivity index (χ2n) is 7.94. The molecule has 4 aromatic rings. The molecule has 5 N–H and O–H groups in total. The fourth-order valence-electron chi connectivity index (χ4n) is 3.57. The largest absolute Gasteiger partial charge is 0.497 e. The lowest BCUT2D eigenvalue weighted by atomic mass is 9.90. The molecule has 0 bridgehead atoms. The Balaban J connectivity index is 0.000000983. The number of amidine groups is 1. The van der Waals surface area contributed by atoms with Crippen LogP contribution in [-0.4, -0.2) is 55.6 Å². The van der Waals surface area contributed by atoms with Crippen molar-refractivity contribution in [3.63, 3.8) is 0 Å². The second kappa shape index (κ2) is 12.9. The van der Waals surface area contributed by atoms with Crippen LogP contribution in [0.2, 0.25) is 0 Å². The lowest BCUT2D eigenvalue weighted by molar-refractivity contribution is -0.134. The van der Waals surface area contributed by atoms with Gasteiger partial charge in [0.1, 0.15) is 17.4 Å². The first-order chi connectivity index (χ1) is 18.6. The van der Waals surface area contributed by atoms with E-state index in [1.54, 1.807) is 30.3 Å². The highest BCUT2D eigenvalue weighted by atomic mass is 19.1. The molecule has 0 radical (unpaired) electrons. The number of hydrogen-bond acceptors (Lipinski definition) is 8. The van der Waals surface area contributed by atoms with E-state index in [1.807, 2.05) is 0 Å². The van der Waals surface area contributed by atoms with Crippen molar-refractivity contribution in [2.24, 2.45) is 5.73 Å². The highest BCUT2D eigenvalue weighted by Gasteiger charge is 2.27. The third kappa shape index (κ3) is 7.21. The van der Waals surface area contributed by atoms with E-state index < -0.39 is 30.3 Å². The molecule has 1 unspecified atom stereocenters. The van der Waals surface area contributed by atoms with Gasteiger partial charge in [-0.1, -0.05) is 24.3 Å². The number of H-pyrrole nitrogens is 1. The molecule has 4 rings (SSSR count). The van der Waals surface area contributed by atoms with Gasteiger partial charge in [-0.25, -0.2) is 23.5 Å². The van der Waals surface area contributed by atoms with E-state index in [4.69, 9.17) is 30.5 Å². The van der Waals surface area contributed by atoms with Gasteiger partial charge in [0.2, 0.25) is 6.86 Å². The van der Waals surface area contributed by atoms with Crippen molar-refractivity contribution in [1.29, 1.82) is 5.41 Å². The molecule has 0 saturated heterocycles. The Bertz CT molecular complexity index is 1490. The summed E-state index contributed by atoms with van der Waals surface area (Å²) < 4.78 is 39.4. The SMILES string of the molecule is CC(=O)O.COc1cc(OCF)c(F)c(C(Cc2ccc(C(=N)N)cc2)c2nn(-c3ncccn3)c(=O)[nH]2)c1. The first-order valence-electron chi connectivity index (χ1n) is 11.3. The van der Waals surface area contributed by atoms with Crippen molar-refractivity contribution in [2.45, 2.75) is 19.3 Å². The van der Waals surface area contributed by atoms with Crippen LogP contribution in [0.15, 0.2) is 59.7 Å². The number of carboxylic acid groups (broad SMARTS) is 1. The number of alkyl halides is 1. The van der Waals surface area contributed by atoms with E-state index in [2.05, 4.69) is 20.1 Å². The van der Waals surface area contributed by atoms with Crippen LogP contribution in [0.5, 0.6) is 11.5 Å². The van der Waals surface area contributed by atoms with Gasteiger partial charge in [-0.3, -0.25) is 15.2 Å². The minimum Gasteiger partial charge on any atom is -0.497 e. The molecule has 39 heavy (non-hydrogen) atoms. The van der Waals surface area contributed by atoms with Crippen LogP contribution >= 0.6 is 0 Å². The Morgan fingerprint density at radius 1 is 1.23 bits per heavy atom. The van der Waals surface area contributed by atoms with Crippen LogP contribution < -0.4 is 20.9 Å². The number of ether oxygens (including phenoxy) is 2. The van der Waals surface area contributed by atoms with Gasteiger partial charge in [0.15, 0.2) is 11.6 Å². The van der Waals surface area contributed by atoms with E-state index in [-0.39, 0.29) is 41.1 Å². The highest BCUT2D eigenvalue weighted by molar-refractivity contribution is 5.94. The lowest BCUT2D eigenvalue weighted by Crippen LogP contribution is -2.18. The van der Waals surface area contributed by atoms with Gasteiger partial charge in [0.25, 0.3) is 11.9 Å². The number of nitrogens with zero attached hydrogens (tertiary/aromatic N) is 4. The number of carbonyl (C=O) groups is 1. The Labute approximate surface area is 220 Å². The lowest BCUT2D eigenvalue weighted by Gasteiger charge is -2.19. The number of rotatable bonds is 9. The van der Waals surface area contributed by atoms with Gasteiger partial charge >= 0.3 is 5.69 Å². The summed E-state index contributed by atoms with van der Waals surface area (Å²) in [6, 6.07) is 11.0. The summed E-state index contributed by atoms with van der Waals surface area (Å²) in [5.41, 5.74) is 6.24. The molecule has 0 aliphatic heterocycles. The van der Waals surface area contributed by atoms with E-state index in [0.29, 0.717) is 5.56 Å². The molecule has 204 valence electrons. The molecule has 0 amide bonds. The molecule has 0 fully saturated rings. The zero-order chi connectivity index (χ0) is 28.5. The highest BCUT2D eigenvalue weighted by Crippen LogP contribution is 2.36. The Morgan fingerprint density at radius 2 is 1.87 bits per heavy atom. The molecule has 12 nitrogen and oxygen atoms in total. The number of nitrogen functional groups attached to an aromatic ring is 1. The van der Waals surface area contributed by atoms with Crippen LogP contribution in [0.3, 0.4) is 0 Å². The monoisotopic (exact) mass is 541 g/mol. The van der Waals surface area contributed by atoms with Crippen LogP contribution in [-0.2, 0) is 11.2 Å². The summed E-state index contributed by atoms with van der Waals surface area (Å²) in [5.74, 6) is -2.53. The first-order valence-corrected chi connectivity index (χ1v) is 11.3. The molecule has 0 spiro atoms. The molecular weight excluding hydrogens is 516 g/mol.